The number of anilines is 1. The second kappa shape index (κ2) is 7.78. The highest BCUT2D eigenvalue weighted by atomic mass is 35.5. The molecule has 1 aromatic rings. The van der Waals surface area contributed by atoms with Gasteiger partial charge in [0, 0.05) is 26.6 Å². The topological polar surface area (TPSA) is 76.0 Å². The molecule has 0 saturated heterocycles. The van der Waals surface area contributed by atoms with Crippen molar-refractivity contribution in [1.29, 1.82) is 0 Å². The molecule has 0 aliphatic rings. The van der Waals surface area contributed by atoms with Gasteiger partial charge in [0.15, 0.2) is 0 Å². The third-order valence-corrected chi connectivity index (χ3v) is 3.02. The predicted molar refractivity (Wildman–Crippen MR) is 75.6 cm³/mol. The highest BCUT2D eigenvalue weighted by molar-refractivity contribution is 6.32. The van der Waals surface area contributed by atoms with Gasteiger partial charge in [-0.15, -0.1) is 0 Å². The maximum atomic E-state index is 11.9. The Hall–Kier alpha value is -1.56. The number of hydrogen-bond acceptors (Lipinski definition) is 4. The summed E-state index contributed by atoms with van der Waals surface area (Å²) >= 11 is 5.99. The third kappa shape index (κ3) is 4.55. The Bertz CT molecular complexity index is 487. The molecule has 0 bridgehead atoms. The van der Waals surface area contributed by atoms with E-state index in [0.29, 0.717) is 25.2 Å². The van der Waals surface area contributed by atoms with Crippen LogP contribution in [0.3, 0.4) is 0 Å². The lowest BCUT2D eigenvalue weighted by molar-refractivity contribution is -0.120. The van der Waals surface area contributed by atoms with E-state index in [1.54, 1.807) is 7.05 Å². The smallest absolute Gasteiger partial charge is 0.287 e. The predicted octanol–water partition coefficient (Wildman–Crippen LogP) is 1.24. The van der Waals surface area contributed by atoms with Crippen molar-refractivity contribution in [1.82, 2.24) is 15.1 Å². The fourth-order valence-corrected chi connectivity index (χ4v) is 1.70. The number of carbonyl (C=O) groups excluding carboxylic acids is 1. The first-order valence-electron chi connectivity index (χ1n) is 6.30. The van der Waals surface area contributed by atoms with Crippen LogP contribution in [-0.4, -0.2) is 29.3 Å². The summed E-state index contributed by atoms with van der Waals surface area (Å²) in [6.45, 7) is 3.01. The number of aromatic nitrogens is 2. The summed E-state index contributed by atoms with van der Waals surface area (Å²) in [7, 11) is 1.58. The summed E-state index contributed by atoms with van der Waals surface area (Å²) in [6, 6.07) is 0. The summed E-state index contributed by atoms with van der Waals surface area (Å²) in [5.41, 5.74) is 0.156. The van der Waals surface area contributed by atoms with Crippen molar-refractivity contribution in [2.45, 2.75) is 32.7 Å². The Labute approximate surface area is 117 Å². The third-order valence-electron chi connectivity index (χ3n) is 2.65. The molecule has 1 rings (SSSR count). The molecule has 106 valence electrons. The minimum absolute atomic E-state index is 0.0760. The van der Waals surface area contributed by atoms with E-state index in [1.807, 2.05) is 6.92 Å². The fourth-order valence-electron chi connectivity index (χ4n) is 1.49. The molecule has 0 fully saturated rings. The van der Waals surface area contributed by atoms with Crippen LogP contribution in [0.4, 0.5) is 5.69 Å². The molecule has 19 heavy (non-hydrogen) atoms. The molecule has 1 aromatic heterocycles. The van der Waals surface area contributed by atoms with Gasteiger partial charge in [-0.05, 0) is 6.42 Å². The molecule has 0 spiro atoms. The molecule has 0 unspecified atom stereocenters. The molecule has 2 N–H and O–H groups in total. The Balaban J connectivity index is 2.68. The quantitative estimate of drug-likeness (QED) is 0.791. The number of nitrogens with zero attached hydrogens (tertiary/aromatic N) is 2. The molecule has 1 heterocycles. The molecular weight excluding hydrogens is 268 g/mol. The zero-order chi connectivity index (χ0) is 14.3. The Kier molecular flexibility index (Phi) is 6.35. The normalized spacial score (nSPS) is 10.3. The summed E-state index contributed by atoms with van der Waals surface area (Å²) < 4.78 is 1.36. The number of hydrogen-bond donors (Lipinski definition) is 2. The summed E-state index contributed by atoms with van der Waals surface area (Å²) in [5.74, 6) is -0.0760. The van der Waals surface area contributed by atoms with Crippen molar-refractivity contribution in [3.8, 4) is 0 Å². The largest absolute Gasteiger partial charge is 0.382 e. The van der Waals surface area contributed by atoms with Crippen LogP contribution in [0.2, 0.25) is 5.02 Å². The van der Waals surface area contributed by atoms with Crippen LogP contribution >= 0.6 is 11.6 Å². The number of carbonyl (C=O) groups is 1. The molecule has 0 radical (unpaired) electrons. The number of aryl methyl sites for hydroxylation is 1. The fraction of sp³-hybridized carbons (Fsp3) is 0.583. The summed E-state index contributed by atoms with van der Waals surface area (Å²) in [4.78, 5) is 23.0. The van der Waals surface area contributed by atoms with E-state index >= 15 is 0 Å². The maximum Gasteiger partial charge on any atom is 0.287 e. The monoisotopic (exact) mass is 286 g/mol. The van der Waals surface area contributed by atoms with E-state index in [0.717, 1.165) is 12.8 Å². The van der Waals surface area contributed by atoms with Gasteiger partial charge in [-0.3, -0.25) is 9.59 Å². The molecule has 0 aliphatic heterocycles. The van der Waals surface area contributed by atoms with Crippen LogP contribution in [0.5, 0.6) is 0 Å². The van der Waals surface area contributed by atoms with Gasteiger partial charge >= 0.3 is 0 Å². The van der Waals surface area contributed by atoms with Gasteiger partial charge in [0.25, 0.3) is 5.56 Å². The summed E-state index contributed by atoms with van der Waals surface area (Å²) in [5, 5.41) is 9.61. The van der Waals surface area contributed by atoms with E-state index in [1.165, 1.54) is 10.9 Å². The number of halogens is 1. The lowest BCUT2D eigenvalue weighted by Gasteiger charge is -2.09. The molecule has 0 aliphatic carbocycles. The zero-order valence-electron chi connectivity index (χ0n) is 11.2. The first-order valence-corrected chi connectivity index (χ1v) is 6.68. The average molecular weight is 287 g/mol. The molecule has 6 nitrogen and oxygen atoms in total. The second-order valence-electron chi connectivity index (χ2n) is 4.10. The SMILES string of the molecule is CCCCn1ncc(NCCC(=O)NC)c(Cl)c1=O. The van der Waals surface area contributed by atoms with Crippen molar-refractivity contribution in [2.24, 2.45) is 0 Å². The number of unbranched alkanes of at least 4 members (excludes halogenated alkanes) is 1. The first kappa shape index (κ1) is 15.5. The van der Waals surface area contributed by atoms with E-state index < -0.39 is 0 Å². The highest BCUT2D eigenvalue weighted by Crippen LogP contribution is 2.15. The van der Waals surface area contributed by atoms with Crippen molar-refractivity contribution in [3.63, 3.8) is 0 Å². The van der Waals surface area contributed by atoms with Crippen LogP contribution in [0, 0.1) is 0 Å². The van der Waals surface area contributed by atoms with Crippen molar-refractivity contribution in [3.05, 3.63) is 21.6 Å². The molecule has 0 aromatic carbocycles. The van der Waals surface area contributed by atoms with Crippen LogP contribution in [-0.2, 0) is 11.3 Å². The molecule has 0 saturated carbocycles. The van der Waals surface area contributed by atoms with Crippen molar-refractivity contribution < 1.29 is 4.79 Å². The maximum absolute atomic E-state index is 11.9. The molecular formula is C12H19ClN4O2. The van der Waals surface area contributed by atoms with Crippen LogP contribution in [0.1, 0.15) is 26.2 Å². The molecule has 0 atom stereocenters. The van der Waals surface area contributed by atoms with Crippen molar-refractivity contribution in [2.75, 3.05) is 18.9 Å². The standard InChI is InChI=1S/C12H19ClN4O2/c1-3-4-7-17-12(19)11(13)9(8-16-17)15-6-5-10(18)14-2/h8,15H,3-7H2,1-2H3,(H,14,18). The van der Waals surface area contributed by atoms with E-state index in [9.17, 15) is 9.59 Å². The Morgan fingerprint density at radius 2 is 2.26 bits per heavy atom. The molecule has 1 amide bonds. The van der Waals surface area contributed by atoms with Crippen LogP contribution in [0.15, 0.2) is 11.0 Å². The van der Waals surface area contributed by atoms with Gasteiger partial charge < -0.3 is 10.6 Å². The van der Waals surface area contributed by atoms with Gasteiger partial charge in [0.2, 0.25) is 5.91 Å². The van der Waals surface area contributed by atoms with E-state index in [-0.39, 0.29) is 16.5 Å². The minimum Gasteiger partial charge on any atom is -0.382 e. The van der Waals surface area contributed by atoms with Crippen molar-refractivity contribution >= 4 is 23.2 Å². The van der Waals surface area contributed by atoms with Gasteiger partial charge in [-0.25, -0.2) is 4.68 Å². The Morgan fingerprint density at radius 1 is 1.53 bits per heavy atom. The second-order valence-corrected chi connectivity index (χ2v) is 4.48. The average Bonchev–Trinajstić information content (AvgIpc) is 2.42. The van der Waals surface area contributed by atoms with Crippen LogP contribution < -0.4 is 16.2 Å². The zero-order valence-corrected chi connectivity index (χ0v) is 12.0. The van der Waals surface area contributed by atoms with Gasteiger partial charge in [-0.1, -0.05) is 24.9 Å². The van der Waals surface area contributed by atoms with E-state index in [4.69, 9.17) is 11.6 Å². The minimum atomic E-state index is -0.306. The van der Waals surface area contributed by atoms with Gasteiger partial charge in [-0.2, -0.15) is 5.10 Å². The Morgan fingerprint density at radius 3 is 2.89 bits per heavy atom. The molecule has 7 heteroatoms. The van der Waals surface area contributed by atoms with Gasteiger partial charge in [0.1, 0.15) is 5.02 Å². The van der Waals surface area contributed by atoms with Gasteiger partial charge in [0.05, 0.1) is 11.9 Å². The number of rotatable bonds is 7. The first-order chi connectivity index (χ1) is 9.10. The number of amides is 1. The summed E-state index contributed by atoms with van der Waals surface area (Å²) in [6.07, 6.45) is 3.69. The van der Waals surface area contributed by atoms with Crippen LogP contribution in [0.25, 0.3) is 0 Å². The lowest BCUT2D eigenvalue weighted by Crippen LogP contribution is -2.25. The highest BCUT2D eigenvalue weighted by Gasteiger charge is 2.09. The number of nitrogens with one attached hydrogen (secondary N) is 2. The van der Waals surface area contributed by atoms with E-state index in [2.05, 4.69) is 15.7 Å². The lowest BCUT2D eigenvalue weighted by atomic mass is 10.3.